The summed E-state index contributed by atoms with van der Waals surface area (Å²) in [6.07, 6.45) is 7.28. The Morgan fingerprint density at radius 3 is 2.79 bits per heavy atom. The van der Waals surface area contributed by atoms with E-state index in [2.05, 4.69) is 30.8 Å². The summed E-state index contributed by atoms with van der Waals surface area (Å²) >= 11 is 0. The zero-order valence-electron chi connectivity index (χ0n) is 12.9. The number of rotatable bonds is 5. The third-order valence-electron chi connectivity index (χ3n) is 5.02. The minimum atomic E-state index is -0.0586. The van der Waals surface area contributed by atoms with Crippen LogP contribution in [0.3, 0.4) is 0 Å². The van der Waals surface area contributed by atoms with Gasteiger partial charge in [-0.3, -0.25) is 0 Å². The van der Waals surface area contributed by atoms with Gasteiger partial charge in [-0.05, 0) is 51.7 Å². The summed E-state index contributed by atoms with van der Waals surface area (Å²) in [6, 6.07) is 0. The highest BCUT2D eigenvalue weighted by Gasteiger charge is 2.36. The van der Waals surface area contributed by atoms with Crippen molar-refractivity contribution < 1.29 is 4.79 Å². The highest BCUT2D eigenvalue weighted by molar-refractivity contribution is 5.60. The number of aldehydes is 1. The number of likely N-dealkylation sites (tertiary alicyclic amines) is 1. The minimum Gasteiger partial charge on any atom is -0.306 e. The van der Waals surface area contributed by atoms with Gasteiger partial charge in [0.2, 0.25) is 0 Å². The van der Waals surface area contributed by atoms with Crippen molar-refractivity contribution in [3.63, 3.8) is 0 Å². The summed E-state index contributed by atoms with van der Waals surface area (Å²) in [7, 11) is 4.40. The molecule has 0 bridgehead atoms. The van der Waals surface area contributed by atoms with Gasteiger partial charge >= 0.3 is 0 Å². The lowest BCUT2D eigenvalue weighted by Gasteiger charge is -2.38. The van der Waals surface area contributed by atoms with E-state index in [4.69, 9.17) is 0 Å². The number of nitrogens with zero attached hydrogens (tertiary/aromatic N) is 2. The largest absolute Gasteiger partial charge is 0.306 e. The SMILES string of the molecule is CC1CCCC(C=O)(CN(C)CC2CCN(C)C2)C1. The van der Waals surface area contributed by atoms with E-state index in [1.165, 1.54) is 38.6 Å². The second-order valence-corrected chi connectivity index (χ2v) is 7.30. The summed E-state index contributed by atoms with van der Waals surface area (Å²) in [5.74, 6) is 1.50. The zero-order valence-corrected chi connectivity index (χ0v) is 12.9. The van der Waals surface area contributed by atoms with Crippen LogP contribution in [0.15, 0.2) is 0 Å². The number of hydrogen-bond donors (Lipinski definition) is 0. The van der Waals surface area contributed by atoms with E-state index in [-0.39, 0.29) is 5.41 Å². The van der Waals surface area contributed by atoms with Crippen molar-refractivity contribution in [1.29, 1.82) is 0 Å². The summed E-state index contributed by atoms with van der Waals surface area (Å²) in [5, 5.41) is 0. The lowest BCUT2D eigenvalue weighted by atomic mass is 9.70. The Kier molecular flexibility index (Phi) is 5.02. The molecule has 110 valence electrons. The first-order valence-corrected chi connectivity index (χ1v) is 7.86. The molecule has 0 aromatic carbocycles. The average molecular weight is 266 g/mol. The molecule has 0 aromatic heterocycles. The topological polar surface area (TPSA) is 23.6 Å². The Morgan fingerprint density at radius 2 is 2.21 bits per heavy atom. The molecule has 3 atom stereocenters. The Bertz CT molecular complexity index is 307. The molecule has 2 aliphatic rings. The average Bonchev–Trinajstić information content (AvgIpc) is 2.74. The molecular weight excluding hydrogens is 236 g/mol. The molecule has 0 aromatic rings. The van der Waals surface area contributed by atoms with Crippen molar-refractivity contribution in [1.82, 2.24) is 9.80 Å². The fourth-order valence-electron chi connectivity index (χ4n) is 4.21. The molecule has 2 rings (SSSR count). The zero-order chi connectivity index (χ0) is 13.9. The normalized spacial score (nSPS) is 36.8. The van der Waals surface area contributed by atoms with E-state index in [0.29, 0.717) is 5.92 Å². The Morgan fingerprint density at radius 1 is 1.42 bits per heavy atom. The third-order valence-corrected chi connectivity index (χ3v) is 5.02. The smallest absolute Gasteiger partial charge is 0.127 e. The first-order chi connectivity index (χ1) is 9.03. The van der Waals surface area contributed by atoms with Crippen LogP contribution in [0.2, 0.25) is 0 Å². The van der Waals surface area contributed by atoms with Gasteiger partial charge in [0.15, 0.2) is 0 Å². The van der Waals surface area contributed by atoms with Gasteiger partial charge in [0.25, 0.3) is 0 Å². The molecule has 0 radical (unpaired) electrons. The van der Waals surface area contributed by atoms with Gasteiger partial charge in [-0.25, -0.2) is 0 Å². The maximum absolute atomic E-state index is 11.6. The van der Waals surface area contributed by atoms with Crippen LogP contribution >= 0.6 is 0 Å². The van der Waals surface area contributed by atoms with Crippen LogP contribution in [-0.2, 0) is 4.79 Å². The summed E-state index contributed by atoms with van der Waals surface area (Å²) in [4.78, 5) is 16.4. The molecule has 1 saturated heterocycles. The van der Waals surface area contributed by atoms with Crippen molar-refractivity contribution in [3.8, 4) is 0 Å². The highest BCUT2D eigenvalue weighted by Crippen LogP contribution is 2.38. The predicted molar refractivity (Wildman–Crippen MR) is 79.2 cm³/mol. The molecule has 1 aliphatic heterocycles. The van der Waals surface area contributed by atoms with Gasteiger partial charge < -0.3 is 14.6 Å². The maximum atomic E-state index is 11.6. The lowest BCUT2D eigenvalue weighted by molar-refractivity contribution is -0.119. The van der Waals surface area contributed by atoms with Gasteiger partial charge in [-0.1, -0.05) is 19.8 Å². The second-order valence-electron chi connectivity index (χ2n) is 7.30. The van der Waals surface area contributed by atoms with Gasteiger partial charge in [0.1, 0.15) is 6.29 Å². The van der Waals surface area contributed by atoms with Gasteiger partial charge in [0.05, 0.1) is 0 Å². The van der Waals surface area contributed by atoms with Crippen LogP contribution in [0.25, 0.3) is 0 Å². The van der Waals surface area contributed by atoms with Crippen molar-refractivity contribution in [2.75, 3.05) is 40.3 Å². The van der Waals surface area contributed by atoms with Gasteiger partial charge in [-0.2, -0.15) is 0 Å². The fourth-order valence-corrected chi connectivity index (χ4v) is 4.21. The Hall–Kier alpha value is -0.410. The Balaban J connectivity index is 1.85. The molecule has 0 N–H and O–H groups in total. The molecular formula is C16H30N2O. The second kappa shape index (κ2) is 6.36. The minimum absolute atomic E-state index is 0.0586. The third kappa shape index (κ3) is 4.03. The molecule has 3 heteroatoms. The summed E-state index contributed by atoms with van der Waals surface area (Å²) in [6.45, 7) is 6.85. The van der Waals surface area contributed by atoms with E-state index < -0.39 is 0 Å². The van der Waals surface area contributed by atoms with Crippen molar-refractivity contribution in [3.05, 3.63) is 0 Å². The van der Waals surface area contributed by atoms with Crippen LogP contribution < -0.4 is 0 Å². The molecule has 0 amide bonds. The van der Waals surface area contributed by atoms with E-state index in [1.54, 1.807) is 0 Å². The molecule has 3 nitrogen and oxygen atoms in total. The van der Waals surface area contributed by atoms with Crippen molar-refractivity contribution >= 4 is 6.29 Å². The van der Waals surface area contributed by atoms with Crippen molar-refractivity contribution in [2.24, 2.45) is 17.3 Å². The number of hydrogen-bond acceptors (Lipinski definition) is 3. The fraction of sp³-hybridized carbons (Fsp3) is 0.938. The summed E-state index contributed by atoms with van der Waals surface area (Å²) < 4.78 is 0. The van der Waals surface area contributed by atoms with Crippen molar-refractivity contribution in [2.45, 2.75) is 39.0 Å². The highest BCUT2D eigenvalue weighted by atomic mass is 16.1. The molecule has 1 saturated carbocycles. The molecule has 2 fully saturated rings. The Labute approximate surface area is 118 Å². The predicted octanol–water partition coefficient (Wildman–Crippen LogP) is 2.27. The van der Waals surface area contributed by atoms with Crippen LogP contribution in [-0.4, -0.2) is 56.4 Å². The maximum Gasteiger partial charge on any atom is 0.127 e. The molecule has 3 unspecified atom stereocenters. The van der Waals surface area contributed by atoms with Crippen LogP contribution in [0.4, 0.5) is 0 Å². The molecule has 1 aliphatic carbocycles. The standard InChI is InChI=1S/C16H30N2O/c1-14-5-4-7-16(9-14,13-19)12-18(3)11-15-6-8-17(2)10-15/h13-15H,4-12H2,1-3H3. The van der Waals surface area contributed by atoms with E-state index in [0.717, 1.165) is 31.8 Å². The first-order valence-electron chi connectivity index (χ1n) is 7.86. The van der Waals surface area contributed by atoms with E-state index >= 15 is 0 Å². The van der Waals surface area contributed by atoms with Gasteiger partial charge in [-0.15, -0.1) is 0 Å². The molecule has 19 heavy (non-hydrogen) atoms. The first kappa shape index (κ1) is 15.0. The molecule has 0 spiro atoms. The monoisotopic (exact) mass is 266 g/mol. The van der Waals surface area contributed by atoms with Crippen LogP contribution in [0, 0.1) is 17.3 Å². The van der Waals surface area contributed by atoms with Crippen LogP contribution in [0.5, 0.6) is 0 Å². The van der Waals surface area contributed by atoms with Gasteiger partial charge in [0, 0.05) is 25.0 Å². The van der Waals surface area contributed by atoms with E-state index in [1.807, 2.05) is 0 Å². The number of carbonyl (C=O) groups excluding carboxylic acids is 1. The lowest BCUT2D eigenvalue weighted by Crippen LogP contribution is -2.42. The van der Waals surface area contributed by atoms with Crippen LogP contribution in [0.1, 0.15) is 39.0 Å². The number of carbonyl (C=O) groups is 1. The van der Waals surface area contributed by atoms with E-state index in [9.17, 15) is 4.79 Å². The quantitative estimate of drug-likeness (QED) is 0.713. The summed E-state index contributed by atoms with van der Waals surface area (Å²) in [5.41, 5.74) is -0.0586. The molecule has 1 heterocycles.